The summed E-state index contributed by atoms with van der Waals surface area (Å²) in [7, 11) is 0. The molecular weight excluding hydrogens is 236 g/mol. The predicted octanol–water partition coefficient (Wildman–Crippen LogP) is 2.01. The Balaban J connectivity index is 3.21. The Labute approximate surface area is 96.1 Å². The van der Waals surface area contributed by atoms with Crippen LogP contribution in [0.25, 0.3) is 0 Å². The van der Waals surface area contributed by atoms with E-state index in [2.05, 4.69) is 0 Å². The summed E-state index contributed by atoms with van der Waals surface area (Å²) in [6.45, 7) is 1.83. The molecule has 0 radical (unpaired) electrons. The van der Waals surface area contributed by atoms with Gasteiger partial charge in [-0.15, -0.1) is 0 Å². The maximum absolute atomic E-state index is 11.4. The first kappa shape index (κ1) is 12.3. The molecule has 0 fully saturated rings. The molecular formula is C9H9ClN2O4. The molecule has 0 saturated carbocycles. The average molecular weight is 245 g/mol. The van der Waals surface area contributed by atoms with Crippen molar-refractivity contribution >= 4 is 28.9 Å². The molecule has 1 rings (SSSR count). The van der Waals surface area contributed by atoms with Gasteiger partial charge in [0.2, 0.25) is 0 Å². The van der Waals surface area contributed by atoms with Gasteiger partial charge in [0.1, 0.15) is 5.69 Å². The smallest absolute Gasteiger partial charge is 0.339 e. The van der Waals surface area contributed by atoms with Crippen molar-refractivity contribution in [2.24, 2.45) is 0 Å². The van der Waals surface area contributed by atoms with Crippen LogP contribution in [0.3, 0.4) is 0 Å². The summed E-state index contributed by atoms with van der Waals surface area (Å²) >= 11 is 5.74. The number of rotatable bonds is 3. The summed E-state index contributed by atoms with van der Waals surface area (Å²) in [6, 6.07) is 2.34. The van der Waals surface area contributed by atoms with E-state index in [0.29, 0.717) is 0 Å². The molecule has 0 aliphatic carbocycles. The van der Waals surface area contributed by atoms with Crippen molar-refractivity contribution in [3.05, 3.63) is 32.8 Å². The zero-order chi connectivity index (χ0) is 12.3. The number of nitrogen functional groups attached to an aromatic ring is 1. The van der Waals surface area contributed by atoms with Crippen molar-refractivity contribution in [3.8, 4) is 0 Å². The Kier molecular flexibility index (Phi) is 3.68. The van der Waals surface area contributed by atoms with E-state index >= 15 is 0 Å². The maximum Gasteiger partial charge on any atom is 0.339 e. The lowest BCUT2D eigenvalue weighted by Crippen LogP contribution is -2.07. The van der Waals surface area contributed by atoms with Gasteiger partial charge in [0.05, 0.1) is 22.1 Å². The van der Waals surface area contributed by atoms with Crippen LogP contribution in [0, 0.1) is 10.1 Å². The molecule has 6 nitrogen and oxygen atoms in total. The van der Waals surface area contributed by atoms with Crippen LogP contribution in [0.4, 0.5) is 11.4 Å². The first-order valence-electron chi connectivity index (χ1n) is 4.38. The summed E-state index contributed by atoms with van der Waals surface area (Å²) < 4.78 is 4.72. The van der Waals surface area contributed by atoms with Crippen LogP contribution >= 0.6 is 11.6 Å². The Morgan fingerprint density at radius 1 is 1.62 bits per heavy atom. The summed E-state index contributed by atoms with van der Waals surface area (Å²) in [6.07, 6.45) is 0. The van der Waals surface area contributed by atoms with E-state index in [1.165, 1.54) is 6.07 Å². The van der Waals surface area contributed by atoms with Crippen LogP contribution in [0.2, 0.25) is 5.02 Å². The van der Waals surface area contributed by atoms with Crippen molar-refractivity contribution in [1.82, 2.24) is 0 Å². The summed E-state index contributed by atoms with van der Waals surface area (Å²) in [5, 5.41) is 10.4. The van der Waals surface area contributed by atoms with Crippen LogP contribution in [-0.2, 0) is 4.74 Å². The van der Waals surface area contributed by atoms with Gasteiger partial charge in [-0.25, -0.2) is 4.79 Å². The number of carbonyl (C=O) groups excluding carboxylic acids is 1. The van der Waals surface area contributed by atoms with Gasteiger partial charge in [-0.05, 0) is 13.0 Å². The number of nitro groups is 1. The monoisotopic (exact) mass is 244 g/mol. The lowest BCUT2D eigenvalue weighted by atomic mass is 10.1. The molecule has 16 heavy (non-hydrogen) atoms. The van der Waals surface area contributed by atoms with Crippen molar-refractivity contribution in [2.75, 3.05) is 12.3 Å². The number of nitrogens with two attached hydrogens (primary N) is 1. The molecule has 2 N–H and O–H groups in total. The predicted molar refractivity (Wildman–Crippen MR) is 58.5 cm³/mol. The molecule has 0 aromatic heterocycles. The molecule has 0 amide bonds. The van der Waals surface area contributed by atoms with E-state index in [1.807, 2.05) is 0 Å². The molecule has 0 heterocycles. The van der Waals surface area contributed by atoms with Gasteiger partial charge in [-0.2, -0.15) is 0 Å². The highest BCUT2D eigenvalue weighted by molar-refractivity contribution is 6.36. The first-order chi connectivity index (χ1) is 7.49. The summed E-state index contributed by atoms with van der Waals surface area (Å²) in [5.74, 6) is -0.658. The third-order valence-electron chi connectivity index (χ3n) is 1.85. The fourth-order valence-corrected chi connectivity index (χ4v) is 1.35. The van der Waals surface area contributed by atoms with E-state index in [4.69, 9.17) is 22.1 Å². The zero-order valence-corrected chi connectivity index (χ0v) is 9.15. The van der Waals surface area contributed by atoms with Crippen molar-refractivity contribution in [2.45, 2.75) is 6.92 Å². The fourth-order valence-electron chi connectivity index (χ4n) is 1.11. The molecule has 0 spiro atoms. The molecule has 7 heteroatoms. The molecule has 86 valence electrons. The van der Waals surface area contributed by atoms with Gasteiger partial charge in [-0.1, -0.05) is 11.6 Å². The highest BCUT2D eigenvalue weighted by Gasteiger charge is 2.21. The second-order valence-corrected chi connectivity index (χ2v) is 3.22. The SMILES string of the molecule is CCOC(=O)c1ccc([N+](=O)[O-])c(N)c1Cl. The standard InChI is InChI=1S/C9H9ClN2O4/c1-2-16-9(13)5-3-4-6(12(14)15)8(11)7(5)10/h3-4H,2,11H2,1H3. The summed E-state index contributed by atoms with van der Waals surface area (Å²) in [5.41, 5.74) is 4.88. The number of carbonyl (C=O) groups is 1. The van der Waals surface area contributed by atoms with E-state index in [9.17, 15) is 14.9 Å². The minimum absolute atomic E-state index is 0.0200. The van der Waals surface area contributed by atoms with Gasteiger partial charge in [0.15, 0.2) is 0 Å². The minimum atomic E-state index is -0.670. The Hall–Kier alpha value is -1.82. The van der Waals surface area contributed by atoms with Crippen LogP contribution in [0.15, 0.2) is 12.1 Å². The van der Waals surface area contributed by atoms with Crippen molar-refractivity contribution in [1.29, 1.82) is 0 Å². The molecule has 0 saturated heterocycles. The molecule has 1 aromatic carbocycles. The molecule has 0 bridgehead atoms. The van der Waals surface area contributed by atoms with Crippen LogP contribution in [0.1, 0.15) is 17.3 Å². The highest BCUT2D eigenvalue weighted by atomic mass is 35.5. The van der Waals surface area contributed by atoms with Gasteiger partial charge in [-0.3, -0.25) is 10.1 Å². The second-order valence-electron chi connectivity index (χ2n) is 2.84. The topological polar surface area (TPSA) is 95.5 Å². The number of esters is 1. The quantitative estimate of drug-likeness (QED) is 0.380. The lowest BCUT2D eigenvalue weighted by Gasteiger charge is -2.06. The highest BCUT2D eigenvalue weighted by Crippen LogP contribution is 2.32. The second kappa shape index (κ2) is 4.80. The molecule has 1 aromatic rings. The average Bonchev–Trinajstić information content (AvgIpc) is 2.21. The number of nitrogens with zero attached hydrogens (tertiary/aromatic N) is 1. The van der Waals surface area contributed by atoms with Crippen LogP contribution < -0.4 is 5.73 Å². The first-order valence-corrected chi connectivity index (χ1v) is 4.76. The van der Waals surface area contributed by atoms with Gasteiger partial charge in [0, 0.05) is 6.07 Å². The van der Waals surface area contributed by atoms with Crippen LogP contribution in [0.5, 0.6) is 0 Å². The van der Waals surface area contributed by atoms with Gasteiger partial charge >= 0.3 is 5.97 Å². The number of hydrogen-bond acceptors (Lipinski definition) is 5. The molecule has 0 aliphatic rings. The summed E-state index contributed by atoms with van der Waals surface area (Å²) in [4.78, 5) is 21.2. The van der Waals surface area contributed by atoms with E-state index in [1.54, 1.807) is 6.92 Å². The van der Waals surface area contributed by atoms with Gasteiger partial charge < -0.3 is 10.5 Å². The Morgan fingerprint density at radius 2 is 2.25 bits per heavy atom. The number of benzene rings is 1. The third kappa shape index (κ3) is 2.22. The minimum Gasteiger partial charge on any atom is -0.462 e. The van der Waals surface area contributed by atoms with Crippen molar-refractivity contribution < 1.29 is 14.5 Å². The molecule has 0 aliphatic heterocycles. The maximum atomic E-state index is 11.4. The van der Waals surface area contributed by atoms with E-state index in [-0.39, 0.29) is 28.6 Å². The van der Waals surface area contributed by atoms with Crippen molar-refractivity contribution in [3.63, 3.8) is 0 Å². The Morgan fingerprint density at radius 3 is 2.75 bits per heavy atom. The normalized spacial score (nSPS) is 9.88. The number of halogens is 1. The number of anilines is 1. The fraction of sp³-hybridized carbons (Fsp3) is 0.222. The lowest BCUT2D eigenvalue weighted by molar-refractivity contribution is -0.383. The Bertz CT molecular complexity index is 447. The van der Waals surface area contributed by atoms with E-state index in [0.717, 1.165) is 6.07 Å². The number of ether oxygens (including phenoxy) is 1. The third-order valence-corrected chi connectivity index (χ3v) is 2.26. The number of hydrogen-bond donors (Lipinski definition) is 1. The van der Waals surface area contributed by atoms with E-state index < -0.39 is 10.9 Å². The van der Waals surface area contributed by atoms with Gasteiger partial charge in [0.25, 0.3) is 5.69 Å². The van der Waals surface area contributed by atoms with Crippen LogP contribution in [-0.4, -0.2) is 17.5 Å². The number of nitro benzene ring substituents is 1. The largest absolute Gasteiger partial charge is 0.462 e. The molecule has 0 unspecified atom stereocenters. The molecule has 0 atom stereocenters. The zero-order valence-electron chi connectivity index (χ0n) is 8.40.